The fourth-order valence-electron chi connectivity index (χ4n) is 4.10. The average molecular weight is 439 g/mol. The van der Waals surface area contributed by atoms with E-state index in [4.69, 9.17) is 9.84 Å². The van der Waals surface area contributed by atoms with Gasteiger partial charge in [0.25, 0.3) is 0 Å². The third-order valence-corrected chi connectivity index (χ3v) is 5.74. The van der Waals surface area contributed by atoms with Gasteiger partial charge in [0.15, 0.2) is 0 Å². The summed E-state index contributed by atoms with van der Waals surface area (Å²) < 4.78 is 5.47. The minimum Gasteiger partial charge on any atom is -0.481 e. The largest absolute Gasteiger partial charge is 0.481 e. The fraction of sp³-hybridized carbons (Fsp3) is 0.400. The van der Waals surface area contributed by atoms with Crippen LogP contribution < -0.4 is 10.6 Å². The van der Waals surface area contributed by atoms with E-state index in [0.29, 0.717) is 6.42 Å². The van der Waals surface area contributed by atoms with E-state index >= 15 is 0 Å². The molecule has 2 amide bonds. The lowest BCUT2D eigenvalue weighted by Gasteiger charge is -2.21. The van der Waals surface area contributed by atoms with Crippen molar-refractivity contribution in [1.82, 2.24) is 10.6 Å². The molecule has 0 saturated carbocycles. The van der Waals surface area contributed by atoms with Crippen LogP contribution in [0.25, 0.3) is 11.1 Å². The number of carboxylic acid groups (broad SMARTS) is 1. The molecule has 0 bridgehead atoms. The SMILES string of the molecule is CCCC[C@@H](CC(=O)O)NC(=O)C(C)NC(=O)OCC1c2ccccc2-c2ccccc21. The highest BCUT2D eigenvalue weighted by atomic mass is 16.5. The normalized spacial score (nSPS) is 14.1. The van der Waals surface area contributed by atoms with Crippen LogP contribution in [0.5, 0.6) is 0 Å². The quantitative estimate of drug-likeness (QED) is 0.519. The predicted molar refractivity (Wildman–Crippen MR) is 121 cm³/mol. The van der Waals surface area contributed by atoms with Gasteiger partial charge in [-0.2, -0.15) is 0 Å². The van der Waals surface area contributed by atoms with Crippen molar-refractivity contribution in [2.24, 2.45) is 0 Å². The fourth-order valence-corrected chi connectivity index (χ4v) is 4.10. The van der Waals surface area contributed by atoms with Gasteiger partial charge in [-0.1, -0.05) is 68.3 Å². The molecule has 2 aromatic carbocycles. The lowest BCUT2D eigenvalue weighted by Crippen LogP contribution is -2.48. The van der Waals surface area contributed by atoms with Crippen LogP contribution in [0, 0.1) is 0 Å². The molecule has 7 nitrogen and oxygen atoms in total. The van der Waals surface area contributed by atoms with E-state index in [1.807, 2.05) is 43.3 Å². The van der Waals surface area contributed by atoms with E-state index in [2.05, 4.69) is 22.8 Å². The topological polar surface area (TPSA) is 105 Å². The number of unbranched alkanes of at least 4 members (excludes halogenated alkanes) is 1. The minimum absolute atomic E-state index is 0.0636. The number of hydrogen-bond acceptors (Lipinski definition) is 4. The minimum atomic E-state index is -0.969. The van der Waals surface area contributed by atoms with E-state index in [-0.39, 0.29) is 18.9 Å². The smallest absolute Gasteiger partial charge is 0.407 e. The van der Waals surface area contributed by atoms with Crippen LogP contribution in [0.15, 0.2) is 48.5 Å². The molecule has 0 heterocycles. The van der Waals surface area contributed by atoms with E-state index in [0.717, 1.165) is 35.1 Å². The maximum absolute atomic E-state index is 12.4. The lowest BCUT2D eigenvalue weighted by molar-refractivity contribution is -0.137. The molecule has 7 heteroatoms. The number of amides is 2. The van der Waals surface area contributed by atoms with Crippen molar-refractivity contribution in [1.29, 1.82) is 0 Å². The molecule has 3 rings (SSSR count). The Morgan fingerprint density at radius 2 is 1.59 bits per heavy atom. The maximum Gasteiger partial charge on any atom is 0.407 e. The van der Waals surface area contributed by atoms with Crippen LogP contribution in [-0.4, -0.2) is 41.8 Å². The first-order valence-corrected chi connectivity index (χ1v) is 11.0. The van der Waals surface area contributed by atoms with Gasteiger partial charge in [0, 0.05) is 12.0 Å². The van der Waals surface area contributed by atoms with E-state index in [9.17, 15) is 14.4 Å². The van der Waals surface area contributed by atoms with Crippen LogP contribution in [-0.2, 0) is 14.3 Å². The number of carbonyl (C=O) groups excluding carboxylic acids is 2. The number of benzene rings is 2. The van der Waals surface area contributed by atoms with Crippen LogP contribution in [0.2, 0.25) is 0 Å². The van der Waals surface area contributed by atoms with Gasteiger partial charge < -0.3 is 20.5 Å². The van der Waals surface area contributed by atoms with Crippen LogP contribution >= 0.6 is 0 Å². The number of alkyl carbamates (subject to hydrolysis) is 1. The van der Waals surface area contributed by atoms with E-state index in [1.54, 1.807) is 6.92 Å². The van der Waals surface area contributed by atoms with Crippen molar-refractivity contribution >= 4 is 18.0 Å². The summed E-state index contributed by atoms with van der Waals surface area (Å²) in [6.45, 7) is 3.71. The molecule has 2 atom stereocenters. The molecular formula is C25H30N2O5. The Kier molecular flexibility index (Phi) is 7.87. The number of carbonyl (C=O) groups is 3. The van der Waals surface area contributed by atoms with Gasteiger partial charge in [-0.3, -0.25) is 9.59 Å². The lowest BCUT2D eigenvalue weighted by atomic mass is 9.98. The van der Waals surface area contributed by atoms with Crippen molar-refractivity contribution in [3.63, 3.8) is 0 Å². The van der Waals surface area contributed by atoms with Gasteiger partial charge in [0.05, 0.1) is 6.42 Å². The molecule has 1 unspecified atom stereocenters. The molecule has 0 spiro atoms. The first-order chi connectivity index (χ1) is 15.4. The second-order valence-corrected chi connectivity index (χ2v) is 8.14. The molecule has 0 aromatic heterocycles. The molecule has 0 radical (unpaired) electrons. The number of carboxylic acids is 1. The molecule has 0 aliphatic heterocycles. The zero-order chi connectivity index (χ0) is 23.1. The number of hydrogen-bond donors (Lipinski definition) is 3. The molecule has 0 saturated heterocycles. The first kappa shape index (κ1) is 23.3. The van der Waals surface area contributed by atoms with Crippen molar-refractivity contribution in [2.45, 2.75) is 57.5 Å². The number of aliphatic carboxylic acids is 1. The Bertz CT molecular complexity index is 929. The van der Waals surface area contributed by atoms with Crippen LogP contribution in [0.3, 0.4) is 0 Å². The summed E-state index contributed by atoms with van der Waals surface area (Å²) in [5, 5.41) is 14.3. The molecule has 2 aromatic rings. The second kappa shape index (κ2) is 10.8. The maximum atomic E-state index is 12.4. The highest BCUT2D eigenvalue weighted by molar-refractivity contribution is 5.86. The summed E-state index contributed by atoms with van der Waals surface area (Å²) in [6.07, 6.45) is 1.46. The van der Waals surface area contributed by atoms with Gasteiger partial charge in [-0.25, -0.2) is 4.79 Å². The van der Waals surface area contributed by atoms with Crippen molar-refractivity contribution in [3.05, 3.63) is 59.7 Å². The summed E-state index contributed by atoms with van der Waals surface area (Å²) in [5.74, 6) is -1.46. The summed E-state index contributed by atoms with van der Waals surface area (Å²) in [7, 11) is 0. The van der Waals surface area contributed by atoms with E-state index < -0.39 is 30.1 Å². The third kappa shape index (κ3) is 5.66. The summed E-state index contributed by atoms with van der Waals surface area (Å²) >= 11 is 0. The third-order valence-electron chi connectivity index (χ3n) is 5.74. The number of fused-ring (bicyclic) bond motifs is 3. The molecule has 170 valence electrons. The van der Waals surface area contributed by atoms with Gasteiger partial charge in [-0.15, -0.1) is 0 Å². The standard InChI is InChI=1S/C25H30N2O5/c1-3-4-9-17(14-23(28)29)27-24(30)16(2)26-25(31)32-15-22-20-12-7-5-10-18(20)19-11-6-8-13-21(19)22/h5-8,10-13,16-17,22H,3-4,9,14-15H2,1-2H3,(H,26,31)(H,27,30)(H,28,29)/t16?,17-/m0/s1. The average Bonchev–Trinajstić information content (AvgIpc) is 3.09. The Hall–Kier alpha value is -3.35. The number of ether oxygens (including phenoxy) is 1. The molecular weight excluding hydrogens is 408 g/mol. The zero-order valence-electron chi connectivity index (χ0n) is 18.5. The van der Waals surface area contributed by atoms with E-state index in [1.165, 1.54) is 0 Å². The summed E-state index contributed by atoms with van der Waals surface area (Å²) in [4.78, 5) is 35.9. The van der Waals surface area contributed by atoms with Gasteiger partial charge in [0.1, 0.15) is 12.6 Å². The molecule has 1 aliphatic carbocycles. The second-order valence-electron chi connectivity index (χ2n) is 8.14. The summed E-state index contributed by atoms with van der Waals surface area (Å²) in [6, 6.07) is 14.8. The van der Waals surface area contributed by atoms with Crippen LogP contribution in [0.4, 0.5) is 4.79 Å². The monoisotopic (exact) mass is 438 g/mol. The molecule has 0 fully saturated rings. The van der Waals surface area contributed by atoms with Gasteiger partial charge >= 0.3 is 12.1 Å². The molecule has 1 aliphatic rings. The Labute approximate surface area is 188 Å². The Balaban J connectivity index is 1.55. The molecule has 3 N–H and O–H groups in total. The van der Waals surface area contributed by atoms with Crippen molar-refractivity contribution in [3.8, 4) is 11.1 Å². The highest BCUT2D eigenvalue weighted by Crippen LogP contribution is 2.44. The Morgan fingerprint density at radius 3 is 2.16 bits per heavy atom. The summed E-state index contributed by atoms with van der Waals surface area (Å²) in [5.41, 5.74) is 4.50. The zero-order valence-corrected chi connectivity index (χ0v) is 18.5. The number of rotatable bonds is 10. The first-order valence-electron chi connectivity index (χ1n) is 11.0. The Morgan fingerprint density at radius 1 is 1.00 bits per heavy atom. The van der Waals surface area contributed by atoms with Gasteiger partial charge in [-0.05, 0) is 35.6 Å². The van der Waals surface area contributed by atoms with Crippen molar-refractivity contribution in [2.75, 3.05) is 6.61 Å². The van der Waals surface area contributed by atoms with Crippen LogP contribution in [0.1, 0.15) is 56.6 Å². The van der Waals surface area contributed by atoms with Gasteiger partial charge in [0.2, 0.25) is 5.91 Å². The molecule has 32 heavy (non-hydrogen) atoms. The predicted octanol–water partition coefficient (Wildman–Crippen LogP) is 4.06. The highest BCUT2D eigenvalue weighted by Gasteiger charge is 2.29. The van der Waals surface area contributed by atoms with Crippen molar-refractivity contribution < 1.29 is 24.2 Å². The number of nitrogens with one attached hydrogen (secondary N) is 2.